The quantitative estimate of drug-likeness (QED) is 0.294. The number of ether oxygens (including phenoxy) is 2. The first-order valence-electron chi connectivity index (χ1n) is 5.22. The summed E-state index contributed by atoms with van der Waals surface area (Å²) in [5, 5.41) is 54.7. The van der Waals surface area contributed by atoms with Crippen molar-refractivity contribution in [2.24, 2.45) is 0 Å². The Morgan fingerprint density at radius 3 is 2.22 bits per heavy atom. The first-order valence-corrected chi connectivity index (χ1v) is 5.22. The van der Waals surface area contributed by atoms with Crippen LogP contribution in [0.1, 0.15) is 0 Å². The topological polar surface area (TPSA) is 157 Å². The number of carbonyl (C=O) groups is 1. The van der Waals surface area contributed by atoms with Crippen molar-refractivity contribution >= 4 is 5.97 Å². The molecule has 0 spiro atoms. The lowest BCUT2D eigenvalue weighted by Gasteiger charge is -2.40. The summed E-state index contributed by atoms with van der Waals surface area (Å²) in [6.45, 7) is -1.51. The van der Waals surface area contributed by atoms with E-state index in [1.54, 1.807) is 0 Å². The maximum Gasteiger partial charge on any atom is 0.335 e. The van der Waals surface area contributed by atoms with E-state index in [4.69, 9.17) is 24.8 Å². The molecule has 0 aliphatic carbocycles. The van der Waals surface area contributed by atoms with Gasteiger partial charge in [0.15, 0.2) is 12.4 Å². The van der Waals surface area contributed by atoms with Gasteiger partial charge in [-0.05, 0) is 0 Å². The second-order valence-corrected chi connectivity index (χ2v) is 3.84. The maximum absolute atomic E-state index is 10.6. The Labute approximate surface area is 102 Å². The van der Waals surface area contributed by atoms with Crippen LogP contribution in [0.15, 0.2) is 0 Å². The Morgan fingerprint density at radius 1 is 1.17 bits per heavy atom. The third-order valence-electron chi connectivity index (χ3n) is 2.59. The van der Waals surface area contributed by atoms with Crippen molar-refractivity contribution in [1.29, 1.82) is 0 Å². The zero-order chi connectivity index (χ0) is 13.9. The molecule has 1 fully saturated rings. The van der Waals surface area contributed by atoms with Gasteiger partial charge in [0.2, 0.25) is 0 Å². The average Bonchev–Trinajstić information content (AvgIpc) is 2.35. The minimum atomic E-state index is -1.70. The number of hydrogen-bond donors (Lipinski definition) is 6. The summed E-state index contributed by atoms with van der Waals surface area (Å²) < 4.78 is 9.67. The summed E-state index contributed by atoms with van der Waals surface area (Å²) in [4.78, 5) is 10.6. The van der Waals surface area contributed by atoms with Crippen LogP contribution in [0.5, 0.6) is 0 Å². The van der Waals surface area contributed by atoms with Gasteiger partial charge in [0.25, 0.3) is 0 Å². The van der Waals surface area contributed by atoms with Crippen LogP contribution >= 0.6 is 0 Å². The molecule has 1 rings (SSSR count). The lowest BCUT2D eigenvalue weighted by atomic mass is 9.99. The molecule has 1 aliphatic heterocycles. The first kappa shape index (κ1) is 15.2. The van der Waals surface area contributed by atoms with E-state index in [1.807, 2.05) is 0 Å². The Balaban J connectivity index is 2.72. The van der Waals surface area contributed by atoms with Crippen molar-refractivity contribution < 1.29 is 44.9 Å². The van der Waals surface area contributed by atoms with E-state index in [0.29, 0.717) is 0 Å². The molecule has 0 unspecified atom stereocenters. The van der Waals surface area contributed by atoms with Gasteiger partial charge in [0.1, 0.15) is 24.4 Å². The molecule has 0 aromatic carbocycles. The highest BCUT2D eigenvalue weighted by Gasteiger charge is 2.45. The van der Waals surface area contributed by atoms with Crippen LogP contribution in [0.25, 0.3) is 0 Å². The number of hydrogen-bond acceptors (Lipinski definition) is 8. The van der Waals surface area contributed by atoms with Gasteiger partial charge in [-0.25, -0.2) is 4.79 Å². The predicted molar refractivity (Wildman–Crippen MR) is 53.4 cm³/mol. The van der Waals surface area contributed by atoms with E-state index >= 15 is 0 Å². The van der Waals surface area contributed by atoms with Gasteiger partial charge >= 0.3 is 5.97 Å². The summed E-state index contributed by atoms with van der Waals surface area (Å²) in [6, 6.07) is 0. The van der Waals surface area contributed by atoms with Gasteiger partial charge in [-0.2, -0.15) is 0 Å². The van der Waals surface area contributed by atoms with Crippen molar-refractivity contribution in [1.82, 2.24) is 0 Å². The third kappa shape index (κ3) is 3.14. The number of aliphatic hydroxyl groups is 5. The fourth-order valence-corrected chi connectivity index (χ4v) is 1.52. The Bertz CT molecular complexity index is 281. The fraction of sp³-hybridized carbons (Fsp3) is 0.889. The van der Waals surface area contributed by atoms with Crippen molar-refractivity contribution in [3.8, 4) is 0 Å². The largest absolute Gasteiger partial charge is 0.479 e. The van der Waals surface area contributed by atoms with Crippen LogP contribution < -0.4 is 0 Å². The first-order chi connectivity index (χ1) is 8.42. The molecule has 9 nitrogen and oxygen atoms in total. The molecule has 0 amide bonds. The van der Waals surface area contributed by atoms with Crippen LogP contribution in [-0.2, 0) is 14.3 Å². The number of aliphatic hydroxyl groups excluding tert-OH is 5. The minimum absolute atomic E-state index is 0.651. The summed E-state index contributed by atoms with van der Waals surface area (Å²) in [5.74, 6) is -1.48. The summed E-state index contributed by atoms with van der Waals surface area (Å²) in [6.07, 6.45) is -9.32. The van der Waals surface area contributed by atoms with Gasteiger partial charge in [0, 0.05) is 0 Å². The Morgan fingerprint density at radius 2 is 1.78 bits per heavy atom. The van der Waals surface area contributed by atoms with Crippen molar-refractivity contribution in [3.63, 3.8) is 0 Å². The van der Waals surface area contributed by atoms with Crippen molar-refractivity contribution in [3.05, 3.63) is 0 Å². The molecule has 1 heterocycles. The smallest absolute Gasteiger partial charge is 0.335 e. The molecule has 6 atom stereocenters. The lowest BCUT2D eigenvalue weighted by Crippen LogP contribution is -2.60. The van der Waals surface area contributed by atoms with Crippen LogP contribution in [0, 0.1) is 0 Å². The van der Waals surface area contributed by atoms with Crippen LogP contribution in [0.2, 0.25) is 0 Å². The van der Waals surface area contributed by atoms with E-state index in [0.717, 1.165) is 0 Å². The van der Waals surface area contributed by atoms with Gasteiger partial charge < -0.3 is 40.1 Å². The zero-order valence-electron chi connectivity index (χ0n) is 9.29. The highest BCUT2D eigenvalue weighted by Crippen LogP contribution is 2.22. The normalized spacial score (nSPS) is 38.4. The van der Waals surface area contributed by atoms with Crippen LogP contribution in [-0.4, -0.2) is 86.6 Å². The van der Waals surface area contributed by atoms with Gasteiger partial charge in [0.05, 0.1) is 13.2 Å². The molecular formula is C9H16O9. The van der Waals surface area contributed by atoms with Gasteiger partial charge in [-0.1, -0.05) is 0 Å². The minimum Gasteiger partial charge on any atom is -0.479 e. The third-order valence-corrected chi connectivity index (χ3v) is 2.59. The molecule has 0 bridgehead atoms. The van der Waals surface area contributed by atoms with E-state index < -0.39 is 56.0 Å². The molecule has 1 aliphatic rings. The lowest BCUT2D eigenvalue weighted by molar-refractivity contribution is -0.311. The van der Waals surface area contributed by atoms with E-state index in [1.165, 1.54) is 0 Å². The molecular weight excluding hydrogens is 252 g/mol. The number of rotatable bonds is 5. The fourth-order valence-electron chi connectivity index (χ4n) is 1.52. The SMILES string of the molecule is O=C(O)[C@H](CO)O[C@@H]1O[C@H](CO)[C@@H](O)[C@H](O)[C@@H]1O. The number of aliphatic carboxylic acids is 1. The number of carboxylic acid groups (broad SMARTS) is 1. The summed E-state index contributed by atoms with van der Waals surface area (Å²) in [7, 11) is 0. The molecule has 6 N–H and O–H groups in total. The van der Waals surface area contributed by atoms with Crippen molar-refractivity contribution in [2.75, 3.05) is 13.2 Å². The molecule has 1 saturated heterocycles. The maximum atomic E-state index is 10.6. The molecule has 0 radical (unpaired) electrons. The molecule has 0 aromatic rings. The van der Waals surface area contributed by atoms with E-state index in [-0.39, 0.29) is 0 Å². The average molecular weight is 268 g/mol. The highest BCUT2D eigenvalue weighted by molar-refractivity contribution is 5.72. The molecule has 0 saturated carbocycles. The second kappa shape index (κ2) is 6.38. The predicted octanol–water partition coefficient (Wildman–Crippen LogP) is -3.75. The molecule has 18 heavy (non-hydrogen) atoms. The van der Waals surface area contributed by atoms with E-state index in [9.17, 15) is 20.1 Å². The Kier molecular flexibility index (Phi) is 5.41. The van der Waals surface area contributed by atoms with Gasteiger partial charge in [-0.15, -0.1) is 0 Å². The second-order valence-electron chi connectivity index (χ2n) is 3.84. The van der Waals surface area contributed by atoms with Crippen LogP contribution in [0.4, 0.5) is 0 Å². The molecule has 106 valence electrons. The molecule has 9 heteroatoms. The molecule has 0 aromatic heterocycles. The number of carboxylic acids is 1. The van der Waals surface area contributed by atoms with Crippen molar-refractivity contribution in [2.45, 2.75) is 36.8 Å². The Hall–Kier alpha value is -0.810. The van der Waals surface area contributed by atoms with Gasteiger partial charge in [-0.3, -0.25) is 0 Å². The standard InChI is InChI=1S/C9H16O9/c10-1-3-5(12)6(13)7(14)9(17-3)18-4(2-11)8(15)16/h3-7,9-14H,1-2H2,(H,15,16)/t3-,4+,5-,6+,7+,9+/m1/s1. The summed E-state index contributed by atoms with van der Waals surface area (Å²) in [5.41, 5.74) is 0. The monoisotopic (exact) mass is 268 g/mol. The summed E-state index contributed by atoms with van der Waals surface area (Å²) >= 11 is 0. The highest BCUT2D eigenvalue weighted by atomic mass is 16.7. The van der Waals surface area contributed by atoms with Crippen LogP contribution in [0.3, 0.4) is 0 Å². The zero-order valence-corrected chi connectivity index (χ0v) is 9.29. The van der Waals surface area contributed by atoms with E-state index in [2.05, 4.69) is 0 Å².